The maximum atomic E-state index is 11.5. The predicted molar refractivity (Wildman–Crippen MR) is 115 cm³/mol. The Bertz CT molecular complexity index is 1120. The van der Waals surface area contributed by atoms with Gasteiger partial charge in [-0.3, -0.25) is 13.8 Å². The van der Waals surface area contributed by atoms with Gasteiger partial charge in [-0.15, -0.1) is 0 Å². The number of rotatable bonds is 4. The smallest absolute Gasteiger partial charge is 0.314 e. The zero-order valence-electron chi connectivity index (χ0n) is 16.5. The molecule has 3 aromatic heterocycles. The van der Waals surface area contributed by atoms with Gasteiger partial charge in [0.15, 0.2) is 11.5 Å². The summed E-state index contributed by atoms with van der Waals surface area (Å²) in [6.45, 7) is 1.42. The molecule has 2 aliphatic rings. The van der Waals surface area contributed by atoms with Gasteiger partial charge in [0.1, 0.15) is 0 Å². The minimum absolute atomic E-state index is 0.171. The quantitative estimate of drug-likeness (QED) is 0.545. The first-order valence-corrected chi connectivity index (χ1v) is 10.7. The van der Waals surface area contributed by atoms with Gasteiger partial charge in [0.05, 0.1) is 23.1 Å². The number of carbonyl (C=O) groups is 1. The number of hydrogen-bond acceptors (Lipinski definition) is 7. The van der Waals surface area contributed by atoms with E-state index < -0.39 is 0 Å². The third-order valence-corrected chi connectivity index (χ3v) is 6.43. The number of primary amides is 1. The van der Waals surface area contributed by atoms with E-state index in [4.69, 9.17) is 5.73 Å². The van der Waals surface area contributed by atoms with Crippen molar-refractivity contribution in [2.45, 2.75) is 18.9 Å². The monoisotopic (exact) mass is 425 g/mol. The number of hydrogen-bond donors (Lipinski definition) is 3. The summed E-state index contributed by atoms with van der Waals surface area (Å²) in [5.74, 6) is 1.03. The van der Waals surface area contributed by atoms with E-state index in [1.807, 2.05) is 36.2 Å². The van der Waals surface area contributed by atoms with E-state index in [1.165, 1.54) is 11.9 Å². The van der Waals surface area contributed by atoms with Crippen molar-refractivity contribution in [3.05, 3.63) is 42.1 Å². The molecule has 5 rings (SSSR count). The Labute approximate surface area is 177 Å². The van der Waals surface area contributed by atoms with Gasteiger partial charge in [-0.2, -0.15) is 5.10 Å². The van der Waals surface area contributed by atoms with Crippen molar-refractivity contribution in [2.24, 2.45) is 18.7 Å². The maximum Gasteiger partial charge on any atom is 0.314 e. The number of nitrogens with two attached hydrogens (primary N) is 1. The number of carbonyl (C=O) groups excluding carboxylic acids is 1. The molecule has 11 heteroatoms. The highest BCUT2D eigenvalue weighted by molar-refractivity contribution is 8.01. The number of nitrogens with zero attached hydrogens (tertiary/aromatic N) is 6. The van der Waals surface area contributed by atoms with Crippen molar-refractivity contribution in [1.29, 1.82) is 0 Å². The zero-order valence-corrected chi connectivity index (χ0v) is 17.3. The van der Waals surface area contributed by atoms with Crippen LogP contribution in [0.1, 0.15) is 12.8 Å². The van der Waals surface area contributed by atoms with Gasteiger partial charge in [0.25, 0.3) is 0 Å². The summed E-state index contributed by atoms with van der Waals surface area (Å²) in [6, 6.07) is -0.169. The van der Waals surface area contributed by atoms with Crippen LogP contribution in [0.5, 0.6) is 0 Å². The molecule has 0 aromatic carbocycles. The number of fused-ring (bicyclic) bond motifs is 1. The SMILES string of the molecule is Cn1cc(-c2cnc3c(NC4=CC(C5CCCN(C(N)=O)C5)NS4)nccn23)cn1. The van der Waals surface area contributed by atoms with Gasteiger partial charge in [-0.1, -0.05) is 0 Å². The van der Waals surface area contributed by atoms with E-state index in [0.29, 0.717) is 18.3 Å². The molecule has 1 saturated heterocycles. The number of urea groups is 1. The first-order valence-electron chi connectivity index (χ1n) is 9.85. The highest BCUT2D eigenvalue weighted by Gasteiger charge is 2.31. The minimum atomic E-state index is -0.340. The van der Waals surface area contributed by atoms with Crippen LogP contribution in [0.25, 0.3) is 16.9 Å². The average molecular weight is 426 g/mol. The Morgan fingerprint density at radius 3 is 3.07 bits per heavy atom. The largest absolute Gasteiger partial charge is 0.351 e. The molecular formula is C19H23N9OS. The van der Waals surface area contributed by atoms with Crippen molar-refractivity contribution in [3.8, 4) is 11.3 Å². The van der Waals surface area contributed by atoms with Gasteiger partial charge in [-0.05, 0) is 36.8 Å². The maximum absolute atomic E-state index is 11.5. The Kier molecular flexibility index (Phi) is 4.83. The normalized spacial score (nSPS) is 21.8. The summed E-state index contributed by atoms with van der Waals surface area (Å²) < 4.78 is 7.23. The van der Waals surface area contributed by atoms with Crippen LogP contribution in [0.2, 0.25) is 0 Å². The molecule has 4 N–H and O–H groups in total. The standard InChI is InChI=1S/C19H23N9OS/c1-26-10-13(8-23-26)15-9-22-18-17(21-4-6-28(15)18)24-16-7-14(25-30-16)12-3-2-5-27(11-12)19(20)29/h4,6-10,12,14,25H,2-3,5,11H2,1H3,(H2,20,29)(H,21,24). The van der Waals surface area contributed by atoms with Gasteiger partial charge in [0, 0.05) is 50.3 Å². The van der Waals surface area contributed by atoms with E-state index in [-0.39, 0.29) is 12.1 Å². The van der Waals surface area contributed by atoms with E-state index in [0.717, 1.165) is 41.3 Å². The average Bonchev–Trinajstić information content (AvgIpc) is 3.48. The molecule has 0 saturated carbocycles. The lowest BCUT2D eigenvalue weighted by Crippen LogP contribution is -2.47. The van der Waals surface area contributed by atoms with Crippen molar-refractivity contribution in [3.63, 3.8) is 0 Å². The Hall–Kier alpha value is -3.05. The first kappa shape index (κ1) is 18.9. The number of likely N-dealkylation sites (tertiary alicyclic amines) is 1. The lowest BCUT2D eigenvalue weighted by Gasteiger charge is -2.33. The summed E-state index contributed by atoms with van der Waals surface area (Å²) in [6.07, 6.45) is 13.5. The predicted octanol–water partition coefficient (Wildman–Crippen LogP) is 1.79. The van der Waals surface area contributed by atoms with E-state index >= 15 is 0 Å². The molecule has 156 valence electrons. The Morgan fingerprint density at radius 2 is 2.27 bits per heavy atom. The summed E-state index contributed by atoms with van der Waals surface area (Å²) in [4.78, 5) is 22.3. The minimum Gasteiger partial charge on any atom is -0.351 e. The molecule has 2 aliphatic heterocycles. The van der Waals surface area contributed by atoms with Gasteiger partial charge < -0.3 is 16.0 Å². The molecule has 0 aliphatic carbocycles. The summed E-state index contributed by atoms with van der Waals surface area (Å²) >= 11 is 1.54. The molecule has 30 heavy (non-hydrogen) atoms. The second kappa shape index (κ2) is 7.65. The van der Waals surface area contributed by atoms with Gasteiger partial charge in [0.2, 0.25) is 0 Å². The lowest BCUT2D eigenvalue weighted by atomic mass is 9.91. The lowest BCUT2D eigenvalue weighted by molar-refractivity contribution is 0.168. The van der Waals surface area contributed by atoms with Crippen molar-refractivity contribution >= 4 is 29.4 Å². The van der Waals surface area contributed by atoms with Crippen LogP contribution in [0, 0.1) is 5.92 Å². The number of imidazole rings is 1. The second-order valence-corrected chi connectivity index (χ2v) is 8.48. The van der Waals surface area contributed by atoms with Crippen LogP contribution < -0.4 is 15.8 Å². The van der Waals surface area contributed by atoms with E-state index in [9.17, 15) is 4.79 Å². The molecule has 10 nitrogen and oxygen atoms in total. The Balaban J connectivity index is 1.35. The van der Waals surface area contributed by atoms with Crippen LogP contribution >= 0.6 is 11.9 Å². The first-order chi connectivity index (χ1) is 14.6. The van der Waals surface area contributed by atoms with Crippen LogP contribution in [-0.2, 0) is 7.05 Å². The highest BCUT2D eigenvalue weighted by Crippen LogP contribution is 2.31. The molecule has 2 amide bonds. The molecule has 5 heterocycles. The number of aromatic nitrogens is 5. The van der Waals surface area contributed by atoms with Gasteiger partial charge >= 0.3 is 6.03 Å². The molecule has 1 fully saturated rings. The molecule has 3 aromatic rings. The van der Waals surface area contributed by atoms with Crippen LogP contribution in [0.15, 0.2) is 42.1 Å². The number of nitrogens with one attached hydrogen (secondary N) is 2. The van der Waals surface area contributed by atoms with Crippen molar-refractivity contribution in [1.82, 2.24) is 33.8 Å². The molecule has 0 bridgehead atoms. The number of aryl methyl sites for hydroxylation is 1. The molecule has 2 unspecified atom stereocenters. The summed E-state index contributed by atoms with van der Waals surface area (Å²) in [7, 11) is 1.89. The fourth-order valence-electron chi connectivity index (χ4n) is 4.06. The van der Waals surface area contributed by atoms with Gasteiger partial charge in [-0.25, -0.2) is 14.8 Å². The third kappa shape index (κ3) is 3.50. The van der Waals surface area contributed by atoms with Crippen molar-refractivity contribution in [2.75, 3.05) is 18.4 Å². The molecule has 0 radical (unpaired) electrons. The number of piperidine rings is 1. The fourth-order valence-corrected chi connectivity index (χ4v) is 4.94. The Morgan fingerprint density at radius 1 is 1.37 bits per heavy atom. The summed E-state index contributed by atoms with van der Waals surface area (Å²) in [5, 5.41) is 8.62. The van der Waals surface area contributed by atoms with Crippen LogP contribution in [0.3, 0.4) is 0 Å². The fraction of sp³-hybridized carbons (Fsp3) is 0.368. The molecule has 2 atom stereocenters. The summed E-state index contributed by atoms with van der Waals surface area (Å²) in [5.41, 5.74) is 8.17. The van der Waals surface area contributed by atoms with Crippen molar-refractivity contribution < 1.29 is 4.79 Å². The molecule has 0 spiro atoms. The number of anilines is 1. The third-order valence-electron chi connectivity index (χ3n) is 5.58. The topological polar surface area (TPSA) is 118 Å². The zero-order chi connectivity index (χ0) is 20.7. The van der Waals surface area contributed by atoms with Crippen LogP contribution in [0.4, 0.5) is 10.6 Å². The van der Waals surface area contributed by atoms with Crippen LogP contribution in [-0.4, -0.2) is 54.2 Å². The van der Waals surface area contributed by atoms with E-state index in [2.05, 4.69) is 31.2 Å². The number of amides is 2. The second-order valence-electron chi connectivity index (χ2n) is 7.60. The molecular weight excluding hydrogens is 402 g/mol. The van der Waals surface area contributed by atoms with E-state index in [1.54, 1.807) is 15.8 Å². The highest BCUT2D eigenvalue weighted by atomic mass is 32.2.